The fourth-order valence-electron chi connectivity index (χ4n) is 2.36. The van der Waals surface area contributed by atoms with Crippen molar-refractivity contribution >= 4 is 17.2 Å². The molecule has 1 aliphatic heterocycles. The lowest BCUT2D eigenvalue weighted by molar-refractivity contribution is -0.144. The normalized spacial score (nSPS) is 15.7. The molecule has 0 aromatic carbocycles. The third-order valence-electron chi connectivity index (χ3n) is 3.38. The van der Waals surface area contributed by atoms with Gasteiger partial charge >= 0.3 is 6.18 Å². The van der Waals surface area contributed by atoms with Crippen LogP contribution in [0.4, 0.5) is 19.0 Å². The molecule has 2 aromatic rings. The van der Waals surface area contributed by atoms with Crippen LogP contribution in [0.25, 0.3) is 10.6 Å². The van der Waals surface area contributed by atoms with Crippen LogP contribution in [0.2, 0.25) is 0 Å². The highest BCUT2D eigenvalue weighted by Crippen LogP contribution is 2.33. The largest absolute Gasteiger partial charge is 0.451 e. The van der Waals surface area contributed by atoms with Gasteiger partial charge < -0.3 is 4.90 Å². The molecule has 0 amide bonds. The SMILES string of the molecule is Cc1csc(-c2cc(N3CCCC3)nc(C(F)(F)F)n2)c1. The van der Waals surface area contributed by atoms with Crippen LogP contribution in [0, 0.1) is 6.92 Å². The van der Waals surface area contributed by atoms with Crippen LogP contribution < -0.4 is 4.90 Å². The molecule has 0 N–H and O–H groups in total. The maximum absolute atomic E-state index is 13.0. The van der Waals surface area contributed by atoms with Crippen LogP contribution in [-0.2, 0) is 6.18 Å². The highest BCUT2D eigenvalue weighted by atomic mass is 32.1. The predicted molar refractivity (Wildman–Crippen MR) is 76.5 cm³/mol. The van der Waals surface area contributed by atoms with Gasteiger partial charge in [-0.1, -0.05) is 0 Å². The first kappa shape index (κ1) is 14.3. The van der Waals surface area contributed by atoms with E-state index in [0.29, 0.717) is 11.5 Å². The van der Waals surface area contributed by atoms with Gasteiger partial charge in [-0.2, -0.15) is 13.2 Å². The van der Waals surface area contributed by atoms with Crippen LogP contribution in [0.3, 0.4) is 0 Å². The molecule has 0 spiro atoms. The summed E-state index contributed by atoms with van der Waals surface area (Å²) >= 11 is 1.40. The van der Waals surface area contributed by atoms with Crippen molar-refractivity contribution in [3.05, 3.63) is 28.9 Å². The molecule has 1 fully saturated rings. The van der Waals surface area contributed by atoms with Gasteiger partial charge in [0.2, 0.25) is 5.82 Å². The summed E-state index contributed by atoms with van der Waals surface area (Å²) in [6, 6.07) is 3.51. The van der Waals surface area contributed by atoms with Gasteiger partial charge in [-0.25, -0.2) is 9.97 Å². The van der Waals surface area contributed by atoms with Crippen molar-refractivity contribution in [3.8, 4) is 10.6 Å². The first-order chi connectivity index (χ1) is 9.93. The zero-order valence-corrected chi connectivity index (χ0v) is 12.3. The van der Waals surface area contributed by atoms with E-state index in [1.165, 1.54) is 11.3 Å². The number of nitrogens with zero attached hydrogens (tertiary/aromatic N) is 3. The number of thiophene rings is 1. The summed E-state index contributed by atoms with van der Waals surface area (Å²) in [5.74, 6) is -0.691. The number of hydrogen-bond acceptors (Lipinski definition) is 4. The first-order valence-corrected chi connectivity index (χ1v) is 7.58. The van der Waals surface area contributed by atoms with Gasteiger partial charge in [0.25, 0.3) is 0 Å². The monoisotopic (exact) mass is 313 g/mol. The van der Waals surface area contributed by atoms with Gasteiger partial charge in [0.1, 0.15) is 5.82 Å². The third kappa shape index (κ3) is 3.02. The lowest BCUT2D eigenvalue weighted by Crippen LogP contribution is -2.22. The van der Waals surface area contributed by atoms with E-state index in [9.17, 15) is 13.2 Å². The Kier molecular flexibility index (Phi) is 3.61. The van der Waals surface area contributed by atoms with Crippen molar-refractivity contribution in [1.29, 1.82) is 0 Å². The summed E-state index contributed by atoms with van der Waals surface area (Å²) in [7, 11) is 0. The van der Waals surface area contributed by atoms with Crippen molar-refractivity contribution in [2.45, 2.75) is 25.9 Å². The van der Waals surface area contributed by atoms with E-state index >= 15 is 0 Å². The van der Waals surface area contributed by atoms with E-state index in [4.69, 9.17) is 0 Å². The van der Waals surface area contributed by atoms with Crippen molar-refractivity contribution < 1.29 is 13.2 Å². The van der Waals surface area contributed by atoms with Crippen LogP contribution in [-0.4, -0.2) is 23.1 Å². The molecule has 0 bridgehead atoms. The number of anilines is 1. The topological polar surface area (TPSA) is 29.0 Å². The molecule has 1 aliphatic rings. The lowest BCUT2D eigenvalue weighted by atomic mass is 10.2. The molecule has 1 saturated heterocycles. The predicted octanol–water partition coefficient (Wildman–Crippen LogP) is 4.13. The zero-order valence-electron chi connectivity index (χ0n) is 11.4. The Morgan fingerprint density at radius 2 is 1.86 bits per heavy atom. The summed E-state index contributed by atoms with van der Waals surface area (Å²) in [4.78, 5) is 10.0. The zero-order chi connectivity index (χ0) is 15.0. The van der Waals surface area contributed by atoms with E-state index in [1.807, 2.05) is 23.3 Å². The van der Waals surface area contributed by atoms with Crippen molar-refractivity contribution in [1.82, 2.24) is 9.97 Å². The Bertz CT molecular complexity index is 645. The molecule has 112 valence electrons. The number of rotatable bonds is 2. The molecule has 21 heavy (non-hydrogen) atoms. The molecule has 3 nitrogen and oxygen atoms in total. The van der Waals surface area contributed by atoms with Crippen LogP contribution >= 0.6 is 11.3 Å². The van der Waals surface area contributed by atoms with E-state index in [0.717, 1.165) is 36.4 Å². The highest BCUT2D eigenvalue weighted by molar-refractivity contribution is 7.13. The van der Waals surface area contributed by atoms with Gasteiger partial charge in [-0.3, -0.25) is 0 Å². The Labute approximate surface area is 124 Å². The minimum atomic E-state index is -4.53. The molecule has 0 saturated carbocycles. The highest BCUT2D eigenvalue weighted by Gasteiger charge is 2.36. The number of hydrogen-bond donors (Lipinski definition) is 0. The third-order valence-corrected chi connectivity index (χ3v) is 4.45. The second-order valence-electron chi connectivity index (χ2n) is 5.12. The van der Waals surface area contributed by atoms with Gasteiger partial charge in [0.05, 0.1) is 10.6 Å². The maximum atomic E-state index is 13.0. The molecule has 0 atom stereocenters. The molecule has 0 unspecified atom stereocenters. The van der Waals surface area contributed by atoms with E-state index in [-0.39, 0.29) is 0 Å². The second-order valence-corrected chi connectivity index (χ2v) is 6.03. The van der Waals surface area contributed by atoms with Gasteiger partial charge in [0, 0.05) is 19.2 Å². The van der Waals surface area contributed by atoms with Crippen molar-refractivity contribution in [2.24, 2.45) is 0 Å². The maximum Gasteiger partial charge on any atom is 0.451 e. The number of alkyl halides is 3. The Morgan fingerprint density at radius 1 is 1.14 bits per heavy atom. The molecule has 0 aliphatic carbocycles. The molecule has 7 heteroatoms. The quantitative estimate of drug-likeness (QED) is 0.834. The fourth-order valence-corrected chi connectivity index (χ4v) is 3.22. The lowest BCUT2D eigenvalue weighted by Gasteiger charge is -2.18. The molecule has 2 aromatic heterocycles. The minimum absolute atomic E-state index is 0.345. The summed E-state index contributed by atoms with van der Waals surface area (Å²) in [6.45, 7) is 3.40. The summed E-state index contributed by atoms with van der Waals surface area (Å²) < 4.78 is 39.0. The Morgan fingerprint density at radius 3 is 2.43 bits per heavy atom. The van der Waals surface area contributed by atoms with Crippen LogP contribution in [0.5, 0.6) is 0 Å². The molecule has 3 rings (SSSR count). The van der Waals surface area contributed by atoms with Gasteiger partial charge in [-0.05, 0) is 36.8 Å². The van der Waals surface area contributed by atoms with E-state index < -0.39 is 12.0 Å². The molecule has 3 heterocycles. The van der Waals surface area contributed by atoms with E-state index in [2.05, 4.69) is 9.97 Å². The Hall–Kier alpha value is -1.63. The standard InChI is InChI=1S/C14H14F3N3S/c1-9-6-11(21-8-9)10-7-12(20-4-2-3-5-20)19-13(18-10)14(15,16)17/h6-8H,2-5H2,1H3. The molecular weight excluding hydrogens is 299 g/mol. The van der Waals surface area contributed by atoms with E-state index in [1.54, 1.807) is 6.07 Å². The molecule has 0 radical (unpaired) electrons. The number of aryl methyl sites for hydroxylation is 1. The van der Waals surface area contributed by atoms with Crippen LogP contribution in [0.1, 0.15) is 24.2 Å². The van der Waals surface area contributed by atoms with Crippen molar-refractivity contribution in [3.63, 3.8) is 0 Å². The molecular formula is C14H14F3N3S. The summed E-state index contributed by atoms with van der Waals surface area (Å²) in [6.07, 6.45) is -2.56. The first-order valence-electron chi connectivity index (χ1n) is 6.70. The fraction of sp³-hybridized carbons (Fsp3) is 0.429. The smallest absolute Gasteiger partial charge is 0.356 e. The van der Waals surface area contributed by atoms with Gasteiger partial charge in [-0.15, -0.1) is 11.3 Å². The average Bonchev–Trinajstić information content (AvgIpc) is 3.08. The van der Waals surface area contributed by atoms with Crippen LogP contribution in [0.15, 0.2) is 17.5 Å². The number of halogens is 3. The average molecular weight is 313 g/mol. The Balaban J connectivity index is 2.08. The second kappa shape index (κ2) is 5.29. The summed E-state index contributed by atoms with van der Waals surface area (Å²) in [5, 5.41) is 1.90. The summed E-state index contributed by atoms with van der Waals surface area (Å²) in [5.41, 5.74) is 1.36. The van der Waals surface area contributed by atoms with Gasteiger partial charge in [0.15, 0.2) is 0 Å². The number of aromatic nitrogens is 2. The minimum Gasteiger partial charge on any atom is -0.356 e. The van der Waals surface area contributed by atoms with Crippen molar-refractivity contribution in [2.75, 3.05) is 18.0 Å².